The molecule has 0 aliphatic rings. The average molecular weight is 268 g/mol. The number of fused-ring (bicyclic) bond motifs is 1. The van der Waals surface area contributed by atoms with Crippen molar-refractivity contribution in [3.05, 3.63) is 48.2 Å². The van der Waals surface area contributed by atoms with E-state index in [1.54, 1.807) is 0 Å². The third-order valence-corrected chi connectivity index (χ3v) is 3.37. The fourth-order valence-corrected chi connectivity index (χ4v) is 2.19. The number of para-hydroxylation sites is 1. The first-order chi connectivity index (χ1) is 9.66. The van der Waals surface area contributed by atoms with Crippen LogP contribution in [-0.2, 0) is 0 Å². The summed E-state index contributed by atoms with van der Waals surface area (Å²) in [4.78, 5) is 4.51. The van der Waals surface area contributed by atoms with Crippen LogP contribution in [0, 0.1) is 5.92 Å². The van der Waals surface area contributed by atoms with Gasteiger partial charge in [-0.3, -0.25) is 4.98 Å². The Morgan fingerprint density at radius 1 is 1.30 bits per heavy atom. The monoisotopic (exact) mass is 268 g/mol. The average Bonchev–Trinajstić information content (AvgIpc) is 2.46. The molecule has 2 nitrogen and oxygen atoms in total. The lowest BCUT2D eigenvalue weighted by Crippen LogP contribution is -2.20. The second-order valence-electron chi connectivity index (χ2n) is 5.69. The van der Waals surface area contributed by atoms with Crippen molar-refractivity contribution in [3.63, 3.8) is 0 Å². The molecule has 2 aromatic rings. The molecular formula is C18H24N2. The molecule has 0 atom stereocenters. The normalized spacial score (nSPS) is 12.3. The van der Waals surface area contributed by atoms with Crippen molar-refractivity contribution in [1.82, 2.24) is 10.3 Å². The van der Waals surface area contributed by atoms with Crippen LogP contribution >= 0.6 is 0 Å². The van der Waals surface area contributed by atoms with Crippen LogP contribution < -0.4 is 5.32 Å². The number of nitrogens with zero attached hydrogens (tertiary/aromatic N) is 1. The van der Waals surface area contributed by atoms with Crippen molar-refractivity contribution in [2.45, 2.75) is 27.2 Å². The van der Waals surface area contributed by atoms with Gasteiger partial charge >= 0.3 is 0 Å². The number of aromatic nitrogens is 1. The van der Waals surface area contributed by atoms with Gasteiger partial charge in [0.2, 0.25) is 0 Å². The minimum atomic E-state index is 0.713. The summed E-state index contributed by atoms with van der Waals surface area (Å²) in [6.45, 7) is 8.75. The van der Waals surface area contributed by atoms with Crippen molar-refractivity contribution in [2.75, 3.05) is 13.1 Å². The van der Waals surface area contributed by atoms with E-state index in [1.807, 2.05) is 18.3 Å². The molecule has 106 valence electrons. The van der Waals surface area contributed by atoms with Crippen molar-refractivity contribution < 1.29 is 0 Å². The summed E-state index contributed by atoms with van der Waals surface area (Å²) in [6, 6.07) is 10.5. The summed E-state index contributed by atoms with van der Waals surface area (Å²) in [5.41, 5.74) is 3.57. The minimum Gasteiger partial charge on any atom is -0.316 e. The maximum absolute atomic E-state index is 4.51. The molecule has 0 radical (unpaired) electrons. The molecule has 0 aliphatic heterocycles. The van der Waals surface area contributed by atoms with Gasteiger partial charge in [-0.15, -0.1) is 0 Å². The van der Waals surface area contributed by atoms with Gasteiger partial charge in [0.1, 0.15) is 0 Å². The van der Waals surface area contributed by atoms with Gasteiger partial charge in [-0.2, -0.15) is 0 Å². The van der Waals surface area contributed by atoms with E-state index >= 15 is 0 Å². The molecule has 0 aliphatic carbocycles. The Kier molecular flexibility index (Phi) is 5.31. The van der Waals surface area contributed by atoms with Gasteiger partial charge < -0.3 is 5.32 Å². The molecule has 0 bridgehead atoms. The number of pyridine rings is 1. The van der Waals surface area contributed by atoms with Crippen LogP contribution in [0.25, 0.3) is 16.5 Å². The first kappa shape index (κ1) is 14.7. The predicted molar refractivity (Wildman–Crippen MR) is 87.7 cm³/mol. The van der Waals surface area contributed by atoms with Crippen molar-refractivity contribution in [2.24, 2.45) is 5.92 Å². The fraction of sp³-hybridized carbons (Fsp3) is 0.389. The van der Waals surface area contributed by atoms with Gasteiger partial charge in [-0.1, -0.05) is 38.1 Å². The smallest absolute Gasteiger partial charge is 0.0702 e. The summed E-state index contributed by atoms with van der Waals surface area (Å²) < 4.78 is 0. The van der Waals surface area contributed by atoms with E-state index in [-0.39, 0.29) is 0 Å². The highest BCUT2D eigenvalue weighted by Crippen LogP contribution is 2.18. The lowest BCUT2D eigenvalue weighted by atomic mass is 10.1. The van der Waals surface area contributed by atoms with Crippen LogP contribution in [-0.4, -0.2) is 18.1 Å². The highest BCUT2D eigenvalue weighted by Gasteiger charge is 1.99. The summed E-state index contributed by atoms with van der Waals surface area (Å²) in [5.74, 6) is 0.713. The minimum absolute atomic E-state index is 0.713. The summed E-state index contributed by atoms with van der Waals surface area (Å²) in [5, 5.41) is 4.67. The highest BCUT2D eigenvalue weighted by molar-refractivity contribution is 5.82. The number of rotatable bonds is 6. The molecule has 0 saturated carbocycles. The Morgan fingerprint density at radius 3 is 2.90 bits per heavy atom. The van der Waals surface area contributed by atoms with Crippen molar-refractivity contribution in [1.29, 1.82) is 0 Å². The summed E-state index contributed by atoms with van der Waals surface area (Å²) >= 11 is 0. The number of hydrogen-bond acceptors (Lipinski definition) is 2. The lowest BCUT2D eigenvalue weighted by molar-refractivity contribution is 0.557. The molecule has 2 heteroatoms. The van der Waals surface area contributed by atoms with Crippen molar-refractivity contribution in [3.8, 4) is 0 Å². The first-order valence-corrected chi connectivity index (χ1v) is 7.39. The van der Waals surface area contributed by atoms with Gasteiger partial charge in [-0.25, -0.2) is 0 Å². The zero-order valence-electron chi connectivity index (χ0n) is 12.7. The second kappa shape index (κ2) is 7.20. The Labute approximate surface area is 121 Å². The molecule has 1 heterocycles. The third-order valence-electron chi connectivity index (χ3n) is 3.37. The lowest BCUT2D eigenvalue weighted by Gasteiger charge is -2.06. The van der Waals surface area contributed by atoms with E-state index in [2.05, 4.69) is 55.3 Å². The van der Waals surface area contributed by atoms with E-state index in [0.29, 0.717) is 5.92 Å². The Balaban J connectivity index is 1.97. The molecule has 1 N–H and O–H groups in total. The SMILES string of the molecule is CC(=CCCNCC(C)C)c1cnc2ccccc2c1. The van der Waals surface area contributed by atoms with Gasteiger partial charge in [0.05, 0.1) is 5.52 Å². The third kappa shape index (κ3) is 4.17. The number of allylic oxidation sites excluding steroid dienone is 1. The Bertz CT molecular complexity index is 585. The fourth-order valence-electron chi connectivity index (χ4n) is 2.19. The predicted octanol–water partition coefficient (Wildman–Crippen LogP) is 4.27. The van der Waals surface area contributed by atoms with Crippen LogP contribution in [0.2, 0.25) is 0 Å². The Hall–Kier alpha value is -1.67. The van der Waals surface area contributed by atoms with Gasteiger partial charge in [0.25, 0.3) is 0 Å². The highest BCUT2D eigenvalue weighted by atomic mass is 14.8. The standard InChI is InChI=1S/C18H24N2/c1-14(2)12-19-10-6-7-15(3)17-11-16-8-4-5-9-18(16)20-13-17/h4-5,7-9,11,13-14,19H,6,10,12H2,1-3H3. The molecule has 0 amide bonds. The quantitative estimate of drug-likeness (QED) is 0.791. The summed E-state index contributed by atoms with van der Waals surface area (Å²) in [6.07, 6.45) is 5.32. The number of nitrogens with one attached hydrogen (secondary N) is 1. The van der Waals surface area contributed by atoms with Gasteiger partial charge in [0, 0.05) is 11.6 Å². The van der Waals surface area contributed by atoms with Crippen LogP contribution in [0.3, 0.4) is 0 Å². The maximum Gasteiger partial charge on any atom is 0.0702 e. The first-order valence-electron chi connectivity index (χ1n) is 7.39. The largest absolute Gasteiger partial charge is 0.316 e. The van der Waals surface area contributed by atoms with E-state index < -0.39 is 0 Å². The molecule has 1 aromatic heterocycles. The van der Waals surface area contributed by atoms with Gasteiger partial charge in [-0.05, 0) is 55.6 Å². The van der Waals surface area contributed by atoms with Crippen LogP contribution in [0.15, 0.2) is 42.6 Å². The van der Waals surface area contributed by atoms with E-state index in [0.717, 1.165) is 25.0 Å². The van der Waals surface area contributed by atoms with Crippen LogP contribution in [0.4, 0.5) is 0 Å². The molecule has 0 saturated heterocycles. The van der Waals surface area contributed by atoms with E-state index in [9.17, 15) is 0 Å². The topological polar surface area (TPSA) is 24.9 Å². The zero-order chi connectivity index (χ0) is 14.4. The maximum atomic E-state index is 4.51. The Morgan fingerprint density at radius 2 is 2.10 bits per heavy atom. The number of benzene rings is 1. The van der Waals surface area contributed by atoms with E-state index in [4.69, 9.17) is 0 Å². The van der Waals surface area contributed by atoms with Crippen molar-refractivity contribution >= 4 is 16.5 Å². The molecule has 2 rings (SSSR count). The zero-order valence-corrected chi connectivity index (χ0v) is 12.7. The van der Waals surface area contributed by atoms with Gasteiger partial charge in [0.15, 0.2) is 0 Å². The molecular weight excluding hydrogens is 244 g/mol. The van der Waals surface area contributed by atoms with Crippen LogP contribution in [0.1, 0.15) is 32.8 Å². The molecule has 0 fully saturated rings. The van der Waals surface area contributed by atoms with E-state index in [1.165, 1.54) is 16.5 Å². The van der Waals surface area contributed by atoms with Crippen LogP contribution in [0.5, 0.6) is 0 Å². The summed E-state index contributed by atoms with van der Waals surface area (Å²) in [7, 11) is 0. The molecule has 1 aromatic carbocycles. The second-order valence-corrected chi connectivity index (χ2v) is 5.69. The number of hydrogen-bond donors (Lipinski definition) is 1. The molecule has 0 spiro atoms. The molecule has 0 unspecified atom stereocenters. The molecule has 20 heavy (non-hydrogen) atoms.